The Bertz CT molecular complexity index is 711. The van der Waals surface area contributed by atoms with Crippen LogP contribution >= 0.6 is 11.8 Å². The summed E-state index contributed by atoms with van der Waals surface area (Å²) in [5.41, 5.74) is -1.56. The quantitative estimate of drug-likeness (QED) is 0.600. The van der Waals surface area contributed by atoms with Crippen LogP contribution in [0.4, 0.5) is 5.82 Å². The second-order valence-electron chi connectivity index (χ2n) is 3.97. The second-order valence-corrected chi connectivity index (χ2v) is 4.96. The number of hydrogen-bond acceptors (Lipinski definition) is 7. The van der Waals surface area contributed by atoms with E-state index in [9.17, 15) is 9.59 Å². The summed E-state index contributed by atoms with van der Waals surface area (Å²) in [6.45, 7) is 2.88. The summed E-state index contributed by atoms with van der Waals surface area (Å²) in [7, 11) is 1.60. The van der Waals surface area contributed by atoms with Gasteiger partial charge in [-0.1, -0.05) is 6.92 Å². The first kappa shape index (κ1) is 14.3. The molecule has 20 heavy (non-hydrogen) atoms. The van der Waals surface area contributed by atoms with Gasteiger partial charge in [0.1, 0.15) is 17.2 Å². The first-order valence-corrected chi connectivity index (χ1v) is 6.83. The number of aryl methyl sites for hydroxylation is 1. The van der Waals surface area contributed by atoms with Crippen LogP contribution in [-0.2, 0) is 7.05 Å². The molecule has 9 heteroatoms. The Hall–Kier alpha value is -2.16. The van der Waals surface area contributed by atoms with Gasteiger partial charge in [0.2, 0.25) is 0 Å². The van der Waals surface area contributed by atoms with E-state index in [1.54, 1.807) is 13.1 Å². The average Bonchev–Trinajstić information content (AvgIpc) is 2.43. The zero-order chi connectivity index (χ0) is 14.5. The minimum absolute atomic E-state index is 0.356. The highest BCUT2D eigenvalue weighted by atomic mass is 32.2. The van der Waals surface area contributed by atoms with E-state index in [0.29, 0.717) is 16.0 Å². The van der Waals surface area contributed by atoms with E-state index >= 15 is 0 Å². The fraction of sp³-hybridized carbons (Fsp3) is 0.364. The van der Waals surface area contributed by atoms with Crippen LogP contribution in [0.5, 0.6) is 0 Å². The summed E-state index contributed by atoms with van der Waals surface area (Å²) in [6, 6.07) is 1.76. The molecular weight excluding hydrogens is 280 g/mol. The van der Waals surface area contributed by atoms with Crippen molar-refractivity contribution in [2.24, 2.45) is 7.05 Å². The number of aromatic nitrogens is 5. The van der Waals surface area contributed by atoms with Gasteiger partial charge in [-0.05, 0) is 18.2 Å². The number of aromatic amines is 1. The number of H-pyrrole nitrogens is 1. The summed E-state index contributed by atoms with van der Waals surface area (Å²) < 4.78 is 1.38. The molecule has 0 atom stereocenters. The van der Waals surface area contributed by atoms with Gasteiger partial charge < -0.3 is 5.32 Å². The molecule has 0 bridgehead atoms. The molecule has 0 saturated carbocycles. The number of nitrogens with zero attached hydrogens (tertiary/aromatic N) is 4. The molecule has 2 aromatic heterocycles. The van der Waals surface area contributed by atoms with Crippen molar-refractivity contribution in [3.05, 3.63) is 33.1 Å². The minimum atomic E-state index is -0.816. The number of hydrogen-bond donors (Lipinski definition) is 2. The van der Waals surface area contributed by atoms with Crippen LogP contribution in [0.25, 0.3) is 0 Å². The molecule has 2 N–H and O–H groups in total. The minimum Gasteiger partial charge on any atom is -0.370 e. The van der Waals surface area contributed by atoms with Gasteiger partial charge in [-0.3, -0.25) is 19.4 Å². The fourth-order valence-corrected chi connectivity index (χ4v) is 2.16. The maximum atomic E-state index is 11.3. The Kier molecular flexibility index (Phi) is 4.51. The van der Waals surface area contributed by atoms with Crippen molar-refractivity contribution < 1.29 is 0 Å². The van der Waals surface area contributed by atoms with E-state index in [-0.39, 0.29) is 0 Å². The van der Waals surface area contributed by atoms with Crippen LogP contribution in [0.1, 0.15) is 13.3 Å². The SMILES string of the molecule is CCCNc1cc(Sc2nc(=O)c(=O)[nH]n2C)ncn1. The summed E-state index contributed by atoms with van der Waals surface area (Å²) in [5, 5.41) is 6.52. The molecule has 2 heterocycles. The van der Waals surface area contributed by atoms with E-state index < -0.39 is 11.1 Å². The molecule has 0 saturated heterocycles. The van der Waals surface area contributed by atoms with Crippen molar-refractivity contribution in [2.45, 2.75) is 23.5 Å². The number of rotatable bonds is 5. The van der Waals surface area contributed by atoms with Gasteiger partial charge in [0, 0.05) is 19.7 Å². The third-order valence-corrected chi connectivity index (χ3v) is 3.32. The van der Waals surface area contributed by atoms with Crippen LogP contribution in [0, 0.1) is 0 Å². The zero-order valence-corrected chi connectivity index (χ0v) is 11.9. The number of anilines is 1. The highest BCUT2D eigenvalue weighted by Crippen LogP contribution is 2.23. The lowest BCUT2D eigenvalue weighted by Crippen LogP contribution is -2.33. The van der Waals surface area contributed by atoms with E-state index in [1.807, 2.05) is 0 Å². The van der Waals surface area contributed by atoms with Crippen LogP contribution in [0.3, 0.4) is 0 Å². The van der Waals surface area contributed by atoms with E-state index in [0.717, 1.165) is 13.0 Å². The van der Waals surface area contributed by atoms with Gasteiger partial charge in [0.25, 0.3) is 0 Å². The van der Waals surface area contributed by atoms with Crippen molar-refractivity contribution in [1.82, 2.24) is 24.7 Å². The van der Waals surface area contributed by atoms with Gasteiger partial charge in [-0.15, -0.1) is 0 Å². The van der Waals surface area contributed by atoms with Crippen molar-refractivity contribution in [3.63, 3.8) is 0 Å². The molecule has 0 spiro atoms. The molecule has 106 valence electrons. The Labute approximate surface area is 118 Å². The fourth-order valence-electron chi connectivity index (χ4n) is 1.39. The lowest BCUT2D eigenvalue weighted by Gasteiger charge is -2.07. The summed E-state index contributed by atoms with van der Waals surface area (Å²) >= 11 is 1.18. The second kappa shape index (κ2) is 6.33. The highest BCUT2D eigenvalue weighted by Gasteiger charge is 2.08. The maximum Gasteiger partial charge on any atom is 0.339 e. The Morgan fingerprint density at radius 2 is 2.20 bits per heavy atom. The van der Waals surface area contributed by atoms with Crippen LogP contribution < -0.4 is 16.4 Å². The Morgan fingerprint density at radius 3 is 2.95 bits per heavy atom. The normalized spacial score (nSPS) is 10.5. The molecule has 0 radical (unpaired) electrons. The third kappa shape index (κ3) is 3.44. The lowest BCUT2D eigenvalue weighted by molar-refractivity contribution is 0.596. The summed E-state index contributed by atoms with van der Waals surface area (Å²) in [4.78, 5) is 34.3. The lowest BCUT2D eigenvalue weighted by atomic mass is 10.4. The highest BCUT2D eigenvalue weighted by molar-refractivity contribution is 7.99. The number of nitrogens with one attached hydrogen (secondary N) is 2. The van der Waals surface area contributed by atoms with Crippen LogP contribution in [0.15, 0.2) is 32.2 Å². The molecule has 0 aliphatic rings. The van der Waals surface area contributed by atoms with Crippen molar-refractivity contribution >= 4 is 17.6 Å². The molecule has 0 unspecified atom stereocenters. The average molecular weight is 294 g/mol. The topological polar surface area (TPSA) is 106 Å². The summed E-state index contributed by atoms with van der Waals surface area (Å²) in [6.07, 6.45) is 2.42. The Morgan fingerprint density at radius 1 is 1.40 bits per heavy atom. The largest absolute Gasteiger partial charge is 0.370 e. The first-order chi connectivity index (χ1) is 9.60. The predicted octanol–water partition coefficient (Wildman–Crippen LogP) is 0.232. The molecule has 0 aliphatic heterocycles. The van der Waals surface area contributed by atoms with E-state index in [1.165, 1.54) is 22.8 Å². The molecule has 2 rings (SSSR count). The molecule has 2 aromatic rings. The monoisotopic (exact) mass is 294 g/mol. The van der Waals surface area contributed by atoms with Crippen LogP contribution in [0.2, 0.25) is 0 Å². The summed E-state index contributed by atoms with van der Waals surface area (Å²) in [5.74, 6) is 0.707. The molecule has 0 fully saturated rings. The van der Waals surface area contributed by atoms with E-state index in [4.69, 9.17) is 0 Å². The van der Waals surface area contributed by atoms with Crippen molar-refractivity contribution in [1.29, 1.82) is 0 Å². The van der Waals surface area contributed by atoms with Gasteiger partial charge in [0.05, 0.1) is 0 Å². The zero-order valence-electron chi connectivity index (χ0n) is 11.1. The standard InChI is InChI=1S/C11H14N6O2S/c1-3-4-12-7-5-8(14-6-13-7)20-11-15-9(18)10(19)16-17(11)2/h5-6H,3-4H2,1-2H3,(H,16,19)(H,12,13,14). The van der Waals surface area contributed by atoms with Gasteiger partial charge >= 0.3 is 11.1 Å². The molecule has 0 amide bonds. The van der Waals surface area contributed by atoms with Gasteiger partial charge in [-0.2, -0.15) is 4.98 Å². The Balaban J connectivity index is 2.24. The molecule has 8 nitrogen and oxygen atoms in total. The maximum absolute atomic E-state index is 11.3. The molecule has 0 aliphatic carbocycles. The molecule has 0 aromatic carbocycles. The van der Waals surface area contributed by atoms with Crippen LogP contribution in [-0.4, -0.2) is 31.3 Å². The smallest absolute Gasteiger partial charge is 0.339 e. The van der Waals surface area contributed by atoms with Gasteiger partial charge in [-0.25, -0.2) is 9.97 Å². The molecular formula is C11H14N6O2S. The van der Waals surface area contributed by atoms with E-state index in [2.05, 4.69) is 32.3 Å². The van der Waals surface area contributed by atoms with Crippen molar-refractivity contribution in [2.75, 3.05) is 11.9 Å². The first-order valence-electron chi connectivity index (χ1n) is 6.01. The predicted molar refractivity (Wildman–Crippen MR) is 75.0 cm³/mol. The van der Waals surface area contributed by atoms with Gasteiger partial charge in [0.15, 0.2) is 5.16 Å². The third-order valence-electron chi connectivity index (χ3n) is 2.34. The van der Waals surface area contributed by atoms with Crippen molar-refractivity contribution in [3.8, 4) is 0 Å².